The van der Waals surface area contributed by atoms with Gasteiger partial charge >= 0.3 is 0 Å². The summed E-state index contributed by atoms with van der Waals surface area (Å²) in [4.78, 5) is 0.890. The third-order valence-electron chi connectivity index (χ3n) is 3.02. The molecule has 0 amide bonds. The molecule has 1 atom stereocenters. The summed E-state index contributed by atoms with van der Waals surface area (Å²) in [5.74, 6) is 1.25. The zero-order valence-electron chi connectivity index (χ0n) is 12.0. The third-order valence-corrected chi connectivity index (χ3v) is 5.21. The second kappa shape index (κ2) is 6.74. The molecule has 7 heteroatoms. The molecular weight excluding hydrogens is 308 g/mol. The highest BCUT2D eigenvalue weighted by atomic mass is 35.5. The van der Waals surface area contributed by atoms with Crippen molar-refractivity contribution >= 4 is 22.3 Å². The minimum absolute atomic E-state index is 0.534. The van der Waals surface area contributed by atoms with Crippen LogP contribution in [0.4, 0.5) is 0 Å². The molecule has 0 N–H and O–H groups in total. The van der Waals surface area contributed by atoms with E-state index in [2.05, 4.69) is 9.46 Å². The van der Waals surface area contributed by atoms with Crippen LogP contribution >= 0.6 is 11.6 Å². The number of aromatic nitrogens is 2. The van der Waals surface area contributed by atoms with Gasteiger partial charge in [0.15, 0.2) is 0 Å². The largest absolute Gasteiger partial charge is 0.496 e. The number of nitrogens with zero attached hydrogens (tertiary/aromatic N) is 4. The highest BCUT2D eigenvalue weighted by molar-refractivity contribution is 7.86. The summed E-state index contributed by atoms with van der Waals surface area (Å²) < 4.78 is 11.0. The Kier molecular flexibility index (Phi) is 4.99. The Bertz CT molecular complexity index is 733. The minimum Gasteiger partial charge on any atom is -0.496 e. The summed E-state index contributed by atoms with van der Waals surface area (Å²) in [7, 11) is 2.74. The van der Waals surface area contributed by atoms with Crippen molar-refractivity contribution in [1.29, 1.82) is 5.26 Å². The van der Waals surface area contributed by atoms with Crippen molar-refractivity contribution in [3.63, 3.8) is 0 Å². The van der Waals surface area contributed by atoms with Gasteiger partial charge in [0, 0.05) is 18.4 Å². The first-order chi connectivity index (χ1) is 10.1. The fraction of sp³-hybridized carbons (Fsp3) is 0.286. The van der Waals surface area contributed by atoms with Gasteiger partial charge in [0.25, 0.3) is 0 Å². The number of nitriles is 1. The van der Waals surface area contributed by atoms with Gasteiger partial charge in [-0.1, -0.05) is 23.7 Å². The number of methoxy groups -OCH3 is 1. The Morgan fingerprint density at radius 3 is 2.76 bits per heavy atom. The fourth-order valence-corrected chi connectivity index (χ4v) is 3.97. The van der Waals surface area contributed by atoms with Gasteiger partial charge in [0.2, 0.25) is 6.19 Å². The highest BCUT2D eigenvalue weighted by Gasteiger charge is 2.16. The van der Waals surface area contributed by atoms with Crippen molar-refractivity contribution in [2.75, 3.05) is 7.11 Å². The monoisotopic (exact) mass is 322 g/mol. The Morgan fingerprint density at radius 1 is 1.48 bits per heavy atom. The van der Waals surface area contributed by atoms with Gasteiger partial charge in [-0.3, -0.25) is 4.68 Å². The number of benzene rings is 1. The van der Waals surface area contributed by atoms with Crippen LogP contribution in [-0.2, 0) is 23.5 Å². The second-order valence-electron chi connectivity index (χ2n) is 4.33. The average Bonchev–Trinajstić information content (AvgIpc) is 2.73. The first-order valence-corrected chi connectivity index (χ1v) is 7.93. The summed E-state index contributed by atoms with van der Waals surface area (Å²) in [6.07, 6.45) is 1.90. The molecule has 1 aromatic heterocycles. The van der Waals surface area contributed by atoms with E-state index in [4.69, 9.17) is 21.6 Å². The lowest BCUT2D eigenvalue weighted by molar-refractivity contribution is 0.404. The molecule has 110 valence electrons. The quantitative estimate of drug-likeness (QED) is 0.812. The number of hydrogen-bond donors (Lipinski definition) is 0. The van der Waals surface area contributed by atoms with Crippen molar-refractivity contribution in [3.05, 3.63) is 40.7 Å². The van der Waals surface area contributed by atoms with Crippen LogP contribution < -0.4 is 4.74 Å². The molecule has 0 saturated carbocycles. The van der Waals surface area contributed by atoms with Gasteiger partial charge in [-0.2, -0.15) is 10.4 Å². The van der Waals surface area contributed by atoms with E-state index < -0.39 is 10.7 Å². The third kappa shape index (κ3) is 3.26. The molecule has 1 heterocycles. The molecule has 0 aliphatic heterocycles. The molecule has 0 saturated heterocycles. The number of halogens is 1. The number of hydrogen-bond acceptors (Lipinski definition) is 4. The SMILES string of the molecule is COc1ccccc1S(Cc1c(C)nn(C)c1Cl)=NC#N. The lowest BCUT2D eigenvalue weighted by Crippen LogP contribution is -2.00. The van der Waals surface area contributed by atoms with Crippen molar-refractivity contribution in [2.24, 2.45) is 11.4 Å². The zero-order chi connectivity index (χ0) is 15.4. The first-order valence-electron chi connectivity index (χ1n) is 6.20. The van der Waals surface area contributed by atoms with Crippen LogP contribution in [0.15, 0.2) is 33.5 Å². The predicted molar refractivity (Wildman–Crippen MR) is 83.3 cm³/mol. The standard InChI is InChI=1S/C14H15ClN4OS/c1-10-11(14(15)19(2)18-10)8-21(17-9-16)13-7-5-4-6-12(13)20-3/h4-7H,8H2,1-3H3. The van der Waals surface area contributed by atoms with Crippen molar-refractivity contribution < 1.29 is 4.74 Å². The van der Waals surface area contributed by atoms with Crippen molar-refractivity contribution in [1.82, 2.24) is 9.78 Å². The van der Waals surface area contributed by atoms with Crippen LogP contribution in [0, 0.1) is 18.4 Å². The normalized spacial score (nSPS) is 12.1. The van der Waals surface area contributed by atoms with Crippen LogP contribution in [0.1, 0.15) is 11.3 Å². The first kappa shape index (κ1) is 15.5. The average molecular weight is 323 g/mol. The van der Waals surface area contributed by atoms with E-state index in [0.717, 1.165) is 21.9 Å². The molecule has 0 bridgehead atoms. The van der Waals surface area contributed by atoms with Gasteiger partial charge in [-0.15, -0.1) is 4.36 Å². The number of ether oxygens (including phenoxy) is 1. The summed E-state index contributed by atoms with van der Waals surface area (Å²) >= 11 is 6.27. The summed E-state index contributed by atoms with van der Waals surface area (Å²) in [5.41, 5.74) is 1.76. The van der Waals surface area contributed by atoms with Crippen LogP contribution in [0.25, 0.3) is 0 Å². The van der Waals surface area contributed by atoms with Crippen LogP contribution in [0.2, 0.25) is 5.15 Å². The minimum atomic E-state index is -0.656. The van der Waals surface area contributed by atoms with Gasteiger partial charge in [-0.05, 0) is 29.7 Å². The molecule has 5 nitrogen and oxygen atoms in total. The van der Waals surface area contributed by atoms with E-state index in [1.165, 1.54) is 0 Å². The molecule has 21 heavy (non-hydrogen) atoms. The molecule has 2 rings (SSSR count). The number of rotatable bonds is 4. The molecule has 0 fully saturated rings. The summed E-state index contributed by atoms with van der Waals surface area (Å²) in [6, 6.07) is 7.57. The fourth-order valence-electron chi connectivity index (χ4n) is 2.00. The lowest BCUT2D eigenvalue weighted by atomic mass is 10.3. The van der Waals surface area contributed by atoms with E-state index in [0.29, 0.717) is 10.9 Å². The Labute approximate surface area is 131 Å². The molecule has 0 aliphatic rings. The number of aryl methyl sites for hydroxylation is 2. The maximum absolute atomic E-state index is 8.98. The Balaban J connectivity index is 2.46. The lowest BCUT2D eigenvalue weighted by Gasteiger charge is -2.11. The molecule has 0 spiro atoms. The molecule has 1 unspecified atom stereocenters. The van der Waals surface area contributed by atoms with Crippen molar-refractivity contribution in [2.45, 2.75) is 17.6 Å². The Morgan fingerprint density at radius 2 is 2.19 bits per heavy atom. The van der Waals surface area contributed by atoms with Gasteiger partial charge < -0.3 is 4.74 Å². The zero-order valence-corrected chi connectivity index (χ0v) is 13.6. The molecule has 2 aromatic rings. The maximum Gasteiger partial charge on any atom is 0.212 e. The molecule has 1 aromatic carbocycles. The smallest absolute Gasteiger partial charge is 0.212 e. The molecular formula is C14H15ClN4OS. The highest BCUT2D eigenvalue weighted by Crippen LogP contribution is 2.28. The summed E-state index contributed by atoms with van der Waals surface area (Å²) in [5, 5.41) is 13.8. The van der Waals surface area contributed by atoms with Gasteiger partial charge in [0.1, 0.15) is 10.9 Å². The predicted octanol–water partition coefficient (Wildman–Crippen LogP) is 3.23. The van der Waals surface area contributed by atoms with E-state index in [-0.39, 0.29) is 0 Å². The second-order valence-corrected chi connectivity index (χ2v) is 6.33. The van der Waals surface area contributed by atoms with Crippen LogP contribution in [0.3, 0.4) is 0 Å². The van der Waals surface area contributed by atoms with Crippen LogP contribution in [-0.4, -0.2) is 16.9 Å². The summed E-state index contributed by atoms with van der Waals surface area (Å²) in [6.45, 7) is 1.90. The maximum atomic E-state index is 8.98. The van der Waals surface area contributed by atoms with E-state index in [1.807, 2.05) is 37.4 Å². The molecule has 0 radical (unpaired) electrons. The van der Waals surface area contributed by atoms with Crippen LogP contribution in [0.5, 0.6) is 5.75 Å². The van der Waals surface area contributed by atoms with E-state index in [1.54, 1.807) is 18.8 Å². The van der Waals surface area contributed by atoms with Gasteiger partial charge in [-0.25, -0.2) is 0 Å². The van der Waals surface area contributed by atoms with E-state index in [9.17, 15) is 0 Å². The van der Waals surface area contributed by atoms with E-state index >= 15 is 0 Å². The number of para-hydroxylation sites is 1. The van der Waals surface area contributed by atoms with Gasteiger partial charge in [0.05, 0.1) is 17.7 Å². The Hall–Kier alpha value is -1.84. The van der Waals surface area contributed by atoms with Crippen molar-refractivity contribution in [3.8, 4) is 11.9 Å². The topological polar surface area (TPSA) is 63.2 Å². The molecule has 0 aliphatic carbocycles.